The lowest BCUT2D eigenvalue weighted by atomic mass is 9.84. The van der Waals surface area contributed by atoms with Crippen LogP contribution in [0.2, 0.25) is 5.04 Å². The van der Waals surface area contributed by atoms with Crippen LogP contribution in [0.15, 0.2) is 102 Å². The van der Waals surface area contributed by atoms with Gasteiger partial charge in [-0.1, -0.05) is 127 Å². The number of halogens is 1. The van der Waals surface area contributed by atoms with Crippen molar-refractivity contribution < 1.29 is 18.3 Å². The molecule has 1 aliphatic heterocycles. The number of esters is 1. The number of ether oxygens (including phenoxy) is 1. The molecule has 0 spiro atoms. The Balaban J connectivity index is 2.11. The number of likely N-dealkylation sites (N-methyl/N-ethyl adjacent to an activating group) is 1. The maximum atomic E-state index is 14.4. The number of rotatable bonds is 12. The molecule has 0 saturated heterocycles. The van der Waals surface area contributed by atoms with Crippen LogP contribution in [0.5, 0.6) is 0 Å². The molecule has 0 bridgehead atoms. The van der Waals surface area contributed by atoms with Gasteiger partial charge in [0.05, 0.1) is 11.7 Å². The first-order chi connectivity index (χ1) is 21.4. The van der Waals surface area contributed by atoms with E-state index in [-0.39, 0.29) is 35.4 Å². The van der Waals surface area contributed by atoms with Crippen LogP contribution >= 0.6 is 0 Å². The predicted octanol–water partition coefficient (Wildman–Crippen LogP) is 8.48. The zero-order valence-electron chi connectivity index (χ0n) is 28.3. The van der Waals surface area contributed by atoms with Gasteiger partial charge in [-0.15, -0.1) is 0 Å². The van der Waals surface area contributed by atoms with Crippen molar-refractivity contribution in [3.05, 3.63) is 113 Å². The second-order valence-electron chi connectivity index (χ2n) is 13.4. The molecule has 3 aromatic rings. The minimum atomic E-state index is -3.04. The number of unbranched alkanes of at least 4 members (excludes halogenated alkanes) is 2. The number of hydrogen-bond donors (Lipinski definition) is 0. The summed E-state index contributed by atoms with van der Waals surface area (Å²) in [5.41, 5.74) is 4.13. The highest BCUT2D eigenvalue weighted by Crippen LogP contribution is 2.47. The van der Waals surface area contributed by atoms with Crippen LogP contribution in [0.1, 0.15) is 79.7 Å². The minimum Gasteiger partial charge on any atom is -0.532 e. The minimum absolute atomic E-state index is 0.0932. The molecule has 240 valence electrons. The lowest BCUT2D eigenvalue weighted by molar-refractivity contribution is -0.142. The summed E-state index contributed by atoms with van der Waals surface area (Å²) in [4.78, 5) is 14.4. The topological polar surface area (TPSA) is 38.8 Å². The maximum Gasteiger partial charge on any atom is 0.320 e. The number of hydrogen-bond acceptors (Lipinski definition) is 4. The monoisotopic (exact) mass is 627 g/mol. The molecule has 4 nitrogen and oxygen atoms in total. The molecule has 0 amide bonds. The SMILES string of the molecule is CCCCCC1=C(c2ccc(F)cc2)C(O[Si](c2ccccc2)(c2ccccc2)C(C)(C)C)=C(C(C)C)N(C)C1COC(C)=O. The standard InChI is InChI=1S/C39H50FNO3Si/c1-9-10-13-22-34-35(27-43-29(4)42)41(8)37(28(2)3)38(36(34)30-23-25-31(40)26-24-30)44-45(39(5,6)7,32-18-14-11-15-19-32)33-20-16-12-17-21-33/h11-12,14-21,23-26,28,35H,9-10,13,22,27H2,1-8H3. The molecule has 4 rings (SSSR count). The van der Waals surface area contributed by atoms with Gasteiger partial charge >= 0.3 is 14.3 Å². The second kappa shape index (κ2) is 14.6. The van der Waals surface area contributed by atoms with Crippen LogP contribution in [0.25, 0.3) is 5.57 Å². The number of carbonyl (C=O) groups is 1. The summed E-state index contributed by atoms with van der Waals surface area (Å²) in [6, 6.07) is 28.0. The van der Waals surface area contributed by atoms with Crippen molar-refractivity contribution in [3.63, 3.8) is 0 Å². The summed E-state index contributed by atoms with van der Waals surface area (Å²) in [5, 5.41) is 2.12. The van der Waals surface area contributed by atoms with Crippen LogP contribution in [0.4, 0.5) is 4.39 Å². The highest BCUT2D eigenvalue weighted by Gasteiger charge is 2.54. The van der Waals surface area contributed by atoms with E-state index < -0.39 is 8.32 Å². The molecular formula is C39H50FNO3Si. The predicted molar refractivity (Wildman–Crippen MR) is 186 cm³/mol. The van der Waals surface area contributed by atoms with Gasteiger partial charge in [-0.05, 0) is 57.4 Å². The second-order valence-corrected chi connectivity index (χ2v) is 17.6. The fourth-order valence-corrected chi connectivity index (χ4v) is 11.2. The highest BCUT2D eigenvalue weighted by atomic mass is 28.4. The van der Waals surface area contributed by atoms with Gasteiger partial charge < -0.3 is 14.1 Å². The third-order valence-corrected chi connectivity index (χ3v) is 13.8. The summed E-state index contributed by atoms with van der Waals surface area (Å²) >= 11 is 0. The quantitative estimate of drug-likeness (QED) is 0.115. The Hall–Kier alpha value is -3.64. The smallest absolute Gasteiger partial charge is 0.320 e. The number of benzene rings is 3. The van der Waals surface area contributed by atoms with E-state index in [2.05, 4.69) is 114 Å². The molecule has 0 fully saturated rings. The zero-order chi connectivity index (χ0) is 32.8. The molecule has 3 aromatic carbocycles. The first-order valence-corrected chi connectivity index (χ1v) is 18.2. The summed E-state index contributed by atoms with van der Waals surface area (Å²) < 4.78 is 28.0. The van der Waals surface area contributed by atoms with E-state index in [0.717, 1.165) is 53.8 Å². The lowest BCUT2D eigenvalue weighted by Crippen LogP contribution is -2.66. The van der Waals surface area contributed by atoms with Crippen LogP contribution in [0, 0.1) is 11.7 Å². The number of carbonyl (C=O) groups excluding carboxylic acids is 1. The molecule has 1 unspecified atom stereocenters. The Bertz CT molecular complexity index is 1450. The van der Waals surface area contributed by atoms with E-state index in [0.29, 0.717) is 0 Å². The number of allylic oxidation sites excluding steroid dienone is 2. The summed E-state index contributed by atoms with van der Waals surface area (Å²) in [7, 11) is -0.947. The Morgan fingerprint density at radius 2 is 1.47 bits per heavy atom. The van der Waals surface area contributed by atoms with Crippen molar-refractivity contribution >= 4 is 30.2 Å². The van der Waals surface area contributed by atoms with E-state index in [1.165, 1.54) is 29.4 Å². The molecule has 1 heterocycles. The third-order valence-electron chi connectivity index (χ3n) is 8.88. The van der Waals surface area contributed by atoms with E-state index in [4.69, 9.17) is 9.16 Å². The lowest BCUT2D eigenvalue weighted by Gasteiger charge is -2.48. The van der Waals surface area contributed by atoms with Crippen molar-refractivity contribution in [2.45, 2.75) is 85.2 Å². The molecule has 0 aliphatic carbocycles. The van der Waals surface area contributed by atoms with Gasteiger partial charge in [0.25, 0.3) is 0 Å². The zero-order valence-corrected chi connectivity index (χ0v) is 29.3. The number of nitrogens with zero attached hydrogens (tertiary/aromatic N) is 1. The molecule has 6 heteroatoms. The summed E-state index contributed by atoms with van der Waals surface area (Å²) in [6.07, 6.45) is 3.97. The van der Waals surface area contributed by atoms with Gasteiger partial charge in [-0.2, -0.15) is 0 Å². The van der Waals surface area contributed by atoms with Gasteiger partial charge in [0.2, 0.25) is 0 Å². The molecule has 0 N–H and O–H groups in total. The Kier molecular flexibility index (Phi) is 11.1. The average molecular weight is 628 g/mol. The van der Waals surface area contributed by atoms with E-state index in [9.17, 15) is 9.18 Å². The van der Waals surface area contributed by atoms with Gasteiger partial charge in [0, 0.05) is 19.5 Å². The molecule has 45 heavy (non-hydrogen) atoms. The fourth-order valence-electron chi connectivity index (χ4n) is 6.78. The highest BCUT2D eigenvalue weighted by molar-refractivity contribution is 6.99. The molecule has 1 aliphatic rings. The van der Waals surface area contributed by atoms with Crippen molar-refractivity contribution in [1.82, 2.24) is 4.90 Å². The third kappa shape index (κ3) is 7.27. The molecule has 0 aromatic heterocycles. The van der Waals surface area contributed by atoms with E-state index >= 15 is 0 Å². The molecular weight excluding hydrogens is 578 g/mol. The summed E-state index contributed by atoms with van der Waals surface area (Å²) in [5.74, 6) is 0.359. The van der Waals surface area contributed by atoms with Gasteiger partial charge in [-0.3, -0.25) is 4.79 Å². The Morgan fingerprint density at radius 3 is 1.93 bits per heavy atom. The average Bonchev–Trinajstić information content (AvgIpc) is 3.00. The van der Waals surface area contributed by atoms with Crippen LogP contribution < -0.4 is 10.4 Å². The molecule has 0 radical (unpaired) electrons. The van der Waals surface area contributed by atoms with Crippen molar-refractivity contribution in [1.29, 1.82) is 0 Å². The van der Waals surface area contributed by atoms with Crippen LogP contribution in [0.3, 0.4) is 0 Å². The van der Waals surface area contributed by atoms with Crippen LogP contribution in [-0.4, -0.2) is 38.9 Å². The molecule has 0 saturated carbocycles. The van der Waals surface area contributed by atoms with E-state index in [1.54, 1.807) is 0 Å². The largest absolute Gasteiger partial charge is 0.532 e. The first kappa shape index (κ1) is 34.2. The Morgan fingerprint density at radius 1 is 0.911 bits per heavy atom. The van der Waals surface area contributed by atoms with E-state index in [1.807, 2.05) is 12.1 Å². The first-order valence-electron chi connectivity index (χ1n) is 16.3. The van der Waals surface area contributed by atoms with Gasteiger partial charge in [0.15, 0.2) is 0 Å². The van der Waals surface area contributed by atoms with Gasteiger partial charge in [0.1, 0.15) is 18.2 Å². The Labute approximate surface area is 271 Å². The fraction of sp³-hybridized carbons (Fsp3) is 0.410. The normalized spacial score (nSPS) is 16.0. The summed E-state index contributed by atoms with van der Waals surface area (Å²) in [6.45, 7) is 15.1. The van der Waals surface area contributed by atoms with Gasteiger partial charge in [-0.25, -0.2) is 4.39 Å². The van der Waals surface area contributed by atoms with Crippen molar-refractivity contribution in [3.8, 4) is 0 Å². The van der Waals surface area contributed by atoms with Crippen molar-refractivity contribution in [2.75, 3.05) is 13.7 Å². The maximum absolute atomic E-state index is 14.4. The van der Waals surface area contributed by atoms with Crippen LogP contribution in [-0.2, 0) is 14.0 Å². The molecule has 1 atom stereocenters. The van der Waals surface area contributed by atoms with Crippen molar-refractivity contribution in [2.24, 2.45) is 5.92 Å².